The number of nitrogens with zero attached hydrogens (tertiary/aromatic N) is 1. The second kappa shape index (κ2) is 14.7. The van der Waals surface area contributed by atoms with Crippen LogP contribution >= 0.6 is 27.7 Å². The summed E-state index contributed by atoms with van der Waals surface area (Å²) in [7, 11) is 1.62. The molecule has 0 saturated heterocycles. The van der Waals surface area contributed by atoms with Crippen molar-refractivity contribution in [3.63, 3.8) is 0 Å². The Morgan fingerprint density at radius 2 is 1.69 bits per heavy atom. The Balaban J connectivity index is 1.84. The van der Waals surface area contributed by atoms with Crippen LogP contribution in [0.4, 0.5) is 0 Å². The average molecular weight is 570 g/mol. The monoisotopic (exact) mass is 568 g/mol. The van der Waals surface area contributed by atoms with E-state index in [1.54, 1.807) is 23.8 Å². The summed E-state index contributed by atoms with van der Waals surface area (Å²) in [6.07, 6.45) is 1.28. The summed E-state index contributed by atoms with van der Waals surface area (Å²) in [4.78, 5) is 28.7. The highest BCUT2D eigenvalue weighted by Gasteiger charge is 2.30. The van der Waals surface area contributed by atoms with Gasteiger partial charge < -0.3 is 15.0 Å². The summed E-state index contributed by atoms with van der Waals surface area (Å²) >= 11 is 5.01. The van der Waals surface area contributed by atoms with E-state index in [-0.39, 0.29) is 17.6 Å². The summed E-state index contributed by atoms with van der Waals surface area (Å²) in [6, 6.07) is 25.0. The smallest absolute Gasteiger partial charge is 0.243 e. The Hall–Kier alpha value is -2.77. The van der Waals surface area contributed by atoms with E-state index < -0.39 is 6.04 Å². The van der Waals surface area contributed by atoms with E-state index in [2.05, 4.69) is 21.2 Å². The molecule has 7 heteroatoms. The largest absolute Gasteiger partial charge is 0.497 e. The van der Waals surface area contributed by atoms with E-state index in [1.807, 2.05) is 85.8 Å². The first kappa shape index (κ1) is 27.8. The summed E-state index contributed by atoms with van der Waals surface area (Å²) in [5, 5.41) is 3.01. The lowest BCUT2D eigenvalue weighted by molar-refractivity contribution is -0.139. The van der Waals surface area contributed by atoms with Crippen molar-refractivity contribution >= 4 is 39.5 Å². The molecule has 0 aliphatic rings. The van der Waals surface area contributed by atoms with E-state index in [1.165, 1.54) is 0 Å². The number of rotatable bonds is 13. The fourth-order valence-electron chi connectivity index (χ4n) is 3.81. The molecule has 0 aliphatic carbocycles. The molecule has 0 aromatic heterocycles. The number of hydrogen-bond donors (Lipinski definition) is 1. The number of carbonyl (C=O) groups excluding carboxylic acids is 2. The fourth-order valence-corrected chi connectivity index (χ4v) is 4.94. The predicted molar refractivity (Wildman–Crippen MR) is 151 cm³/mol. The van der Waals surface area contributed by atoms with Gasteiger partial charge in [-0.25, -0.2) is 0 Å². The van der Waals surface area contributed by atoms with Crippen LogP contribution in [0.5, 0.6) is 5.75 Å². The molecule has 36 heavy (non-hydrogen) atoms. The van der Waals surface area contributed by atoms with Crippen LogP contribution in [0.15, 0.2) is 83.3 Å². The Labute approximate surface area is 226 Å². The topological polar surface area (TPSA) is 58.6 Å². The minimum atomic E-state index is -0.620. The first-order chi connectivity index (χ1) is 17.5. The van der Waals surface area contributed by atoms with Gasteiger partial charge in [-0.3, -0.25) is 9.59 Å². The van der Waals surface area contributed by atoms with Gasteiger partial charge in [-0.05, 0) is 47.4 Å². The standard InChI is InChI=1S/C29H33BrN2O3S/c1-3-16-31-29(34)27(18-22-8-5-4-6-9-22)32(19-24-10-7-11-26(17-24)35-2)28(33)21-36-20-23-12-14-25(30)15-13-23/h4-15,17,27H,3,16,18-21H2,1-2H3,(H,31,34)/t27-/m1/s1. The van der Waals surface area contributed by atoms with E-state index in [9.17, 15) is 9.59 Å². The molecule has 3 aromatic carbocycles. The van der Waals surface area contributed by atoms with Crippen molar-refractivity contribution < 1.29 is 14.3 Å². The van der Waals surface area contributed by atoms with Gasteiger partial charge >= 0.3 is 0 Å². The van der Waals surface area contributed by atoms with Crippen molar-refractivity contribution in [1.82, 2.24) is 10.2 Å². The molecule has 2 amide bonds. The van der Waals surface area contributed by atoms with Crippen LogP contribution in [-0.4, -0.2) is 42.2 Å². The van der Waals surface area contributed by atoms with Gasteiger partial charge in [-0.1, -0.05) is 77.5 Å². The van der Waals surface area contributed by atoms with Crippen LogP contribution in [0, 0.1) is 0 Å². The molecule has 0 radical (unpaired) electrons. The van der Waals surface area contributed by atoms with Gasteiger partial charge in [0.2, 0.25) is 11.8 Å². The molecule has 0 aliphatic heterocycles. The van der Waals surface area contributed by atoms with Crippen molar-refractivity contribution in [2.24, 2.45) is 0 Å². The van der Waals surface area contributed by atoms with Crippen LogP contribution in [0.2, 0.25) is 0 Å². The van der Waals surface area contributed by atoms with E-state index in [4.69, 9.17) is 4.74 Å². The molecule has 5 nitrogen and oxygen atoms in total. The van der Waals surface area contributed by atoms with Crippen LogP contribution in [-0.2, 0) is 28.3 Å². The Morgan fingerprint density at radius 1 is 0.972 bits per heavy atom. The quantitative estimate of drug-likeness (QED) is 0.280. The Kier molecular flexibility index (Phi) is 11.4. The lowest BCUT2D eigenvalue weighted by Crippen LogP contribution is -2.51. The van der Waals surface area contributed by atoms with E-state index >= 15 is 0 Å². The number of amides is 2. The molecule has 0 saturated carbocycles. The normalized spacial score (nSPS) is 11.5. The van der Waals surface area contributed by atoms with Crippen LogP contribution in [0.25, 0.3) is 0 Å². The zero-order chi connectivity index (χ0) is 25.8. The summed E-state index contributed by atoms with van der Waals surface area (Å²) in [6.45, 7) is 2.92. The van der Waals surface area contributed by atoms with Crippen LogP contribution in [0.1, 0.15) is 30.0 Å². The molecule has 0 unspecified atom stereocenters. The maximum atomic E-state index is 13.6. The van der Waals surface area contributed by atoms with Gasteiger partial charge in [0.25, 0.3) is 0 Å². The molecule has 0 bridgehead atoms. The van der Waals surface area contributed by atoms with Gasteiger partial charge in [0.15, 0.2) is 0 Å². The van der Waals surface area contributed by atoms with Gasteiger partial charge in [-0.15, -0.1) is 11.8 Å². The molecule has 3 aromatic rings. The van der Waals surface area contributed by atoms with Gasteiger partial charge in [0.05, 0.1) is 12.9 Å². The van der Waals surface area contributed by atoms with Crippen molar-refractivity contribution in [3.05, 3.63) is 100 Å². The molecule has 0 fully saturated rings. The molecule has 1 N–H and O–H groups in total. The minimum absolute atomic E-state index is 0.0625. The SMILES string of the molecule is CCCNC(=O)[C@@H](Cc1ccccc1)N(Cc1cccc(OC)c1)C(=O)CSCc1ccc(Br)cc1. The highest BCUT2D eigenvalue weighted by molar-refractivity contribution is 9.10. The molecular formula is C29H33BrN2O3S. The van der Waals surface area contributed by atoms with Crippen molar-refractivity contribution in [2.75, 3.05) is 19.4 Å². The number of methoxy groups -OCH3 is 1. The van der Waals surface area contributed by atoms with Crippen LogP contribution < -0.4 is 10.1 Å². The Morgan fingerprint density at radius 3 is 2.39 bits per heavy atom. The van der Waals surface area contributed by atoms with Crippen LogP contribution in [0.3, 0.4) is 0 Å². The maximum absolute atomic E-state index is 13.6. The third kappa shape index (κ3) is 8.71. The number of hydrogen-bond acceptors (Lipinski definition) is 4. The third-order valence-corrected chi connectivity index (χ3v) is 7.23. The van der Waals surface area contributed by atoms with Crippen molar-refractivity contribution in [3.8, 4) is 5.75 Å². The van der Waals surface area contributed by atoms with Crippen molar-refractivity contribution in [1.29, 1.82) is 0 Å². The lowest BCUT2D eigenvalue weighted by atomic mass is 10.0. The first-order valence-electron chi connectivity index (χ1n) is 12.1. The zero-order valence-corrected chi connectivity index (χ0v) is 23.2. The lowest BCUT2D eigenvalue weighted by Gasteiger charge is -2.31. The minimum Gasteiger partial charge on any atom is -0.497 e. The summed E-state index contributed by atoms with van der Waals surface area (Å²) < 4.78 is 6.41. The third-order valence-electron chi connectivity index (χ3n) is 5.71. The number of nitrogens with one attached hydrogen (secondary N) is 1. The van der Waals surface area contributed by atoms with E-state index in [0.29, 0.717) is 19.5 Å². The number of thioether (sulfide) groups is 1. The van der Waals surface area contributed by atoms with E-state index in [0.717, 1.165) is 39.1 Å². The van der Waals surface area contributed by atoms with Crippen molar-refractivity contribution in [2.45, 2.75) is 38.1 Å². The molecule has 0 heterocycles. The molecule has 190 valence electrons. The molecule has 3 rings (SSSR count). The number of ether oxygens (including phenoxy) is 1. The predicted octanol–water partition coefficient (Wildman–Crippen LogP) is 5.86. The van der Waals surface area contributed by atoms with Gasteiger partial charge in [0, 0.05) is 29.7 Å². The summed E-state index contributed by atoms with van der Waals surface area (Å²) in [5.74, 6) is 1.53. The number of halogens is 1. The van der Waals surface area contributed by atoms with Gasteiger partial charge in [-0.2, -0.15) is 0 Å². The summed E-state index contributed by atoms with van der Waals surface area (Å²) in [5.41, 5.74) is 3.08. The first-order valence-corrected chi connectivity index (χ1v) is 14.0. The highest BCUT2D eigenvalue weighted by Crippen LogP contribution is 2.21. The fraction of sp³-hybridized carbons (Fsp3) is 0.310. The number of benzene rings is 3. The van der Waals surface area contributed by atoms with Gasteiger partial charge in [0.1, 0.15) is 11.8 Å². The highest BCUT2D eigenvalue weighted by atomic mass is 79.9. The zero-order valence-electron chi connectivity index (χ0n) is 20.8. The maximum Gasteiger partial charge on any atom is 0.243 e. The second-order valence-electron chi connectivity index (χ2n) is 8.49. The average Bonchev–Trinajstić information content (AvgIpc) is 2.91. The molecular weight excluding hydrogens is 536 g/mol. The number of carbonyl (C=O) groups is 2. The Bertz CT molecular complexity index is 1110. The second-order valence-corrected chi connectivity index (χ2v) is 10.4. The molecule has 1 atom stereocenters. The molecule has 0 spiro atoms.